The predicted octanol–water partition coefficient (Wildman–Crippen LogP) is 0.0325. The predicted molar refractivity (Wildman–Crippen MR) is 35.0 cm³/mol. The minimum absolute atomic E-state index is 0.538. The molecule has 0 unspecified atom stereocenters. The van der Waals surface area contributed by atoms with Crippen molar-refractivity contribution in [3.05, 3.63) is 0 Å². The lowest BCUT2D eigenvalue weighted by molar-refractivity contribution is 0.249. The van der Waals surface area contributed by atoms with Crippen molar-refractivity contribution >= 4 is 17.8 Å². The van der Waals surface area contributed by atoms with Crippen LogP contribution >= 0.6 is 11.8 Å². The molecule has 0 aromatic rings. The maximum Gasteiger partial charge on any atom is 0.333 e. The van der Waals surface area contributed by atoms with Crippen molar-refractivity contribution in [2.45, 2.75) is 0 Å². The van der Waals surface area contributed by atoms with E-state index in [1.807, 2.05) is 6.26 Å². The second kappa shape index (κ2) is 4.77. The van der Waals surface area contributed by atoms with E-state index in [9.17, 15) is 4.79 Å². The third-order valence-electron chi connectivity index (χ3n) is 0.563. The molecule has 1 radical (unpaired) electrons. The Morgan fingerprint density at radius 1 is 1.88 bits per heavy atom. The average Bonchev–Trinajstić information content (AvgIpc) is 1.66. The first-order valence-corrected chi connectivity index (χ1v) is 3.62. The summed E-state index contributed by atoms with van der Waals surface area (Å²) in [5, 5.41) is 3.43. The van der Waals surface area contributed by atoms with Crippen molar-refractivity contribution in [2.75, 3.05) is 18.6 Å². The molecule has 0 aliphatic carbocycles. The van der Waals surface area contributed by atoms with Gasteiger partial charge in [-0.05, 0) is 6.26 Å². The van der Waals surface area contributed by atoms with E-state index in [4.69, 9.17) is 5.73 Å². The summed E-state index contributed by atoms with van der Waals surface area (Å²) >= 11 is 1.64. The molecule has 0 spiro atoms. The quantitative estimate of drug-likeness (QED) is 0.552. The number of rotatable bonds is 3. The van der Waals surface area contributed by atoms with Gasteiger partial charge in [0.25, 0.3) is 0 Å². The van der Waals surface area contributed by atoms with Gasteiger partial charge < -0.3 is 5.73 Å². The number of carbonyl (C=O) groups excluding carboxylic acids is 1. The number of urea groups is 1. The topological polar surface area (TPSA) is 57.2 Å². The first kappa shape index (κ1) is 7.62. The van der Waals surface area contributed by atoms with Gasteiger partial charge in [0.2, 0.25) is 0 Å². The molecule has 0 aliphatic rings. The minimum Gasteiger partial charge on any atom is -0.350 e. The van der Waals surface area contributed by atoms with Crippen LogP contribution in [0.2, 0.25) is 0 Å². The van der Waals surface area contributed by atoms with E-state index in [0.717, 1.165) is 5.75 Å². The summed E-state index contributed by atoms with van der Waals surface area (Å²) in [6, 6.07) is -0.570. The number of amides is 2. The van der Waals surface area contributed by atoms with E-state index >= 15 is 0 Å². The molecule has 0 heterocycles. The van der Waals surface area contributed by atoms with Gasteiger partial charge in [-0.25, -0.2) is 10.1 Å². The Morgan fingerprint density at radius 2 is 2.50 bits per heavy atom. The van der Waals surface area contributed by atoms with E-state index in [-0.39, 0.29) is 0 Å². The second-order valence-corrected chi connectivity index (χ2v) is 2.20. The molecular weight excluding hydrogens is 124 g/mol. The largest absolute Gasteiger partial charge is 0.350 e. The molecule has 0 saturated heterocycles. The lowest BCUT2D eigenvalue weighted by Gasteiger charge is -1.92. The first-order valence-electron chi connectivity index (χ1n) is 2.23. The zero-order chi connectivity index (χ0) is 6.41. The monoisotopic (exact) mass is 133 g/mol. The van der Waals surface area contributed by atoms with Crippen molar-refractivity contribution in [2.24, 2.45) is 5.73 Å². The fourth-order valence-electron chi connectivity index (χ4n) is 0.247. The van der Waals surface area contributed by atoms with E-state index in [2.05, 4.69) is 5.32 Å². The zero-order valence-electron chi connectivity index (χ0n) is 4.76. The van der Waals surface area contributed by atoms with Crippen molar-refractivity contribution < 1.29 is 4.79 Å². The zero-order valence-corrected chi connectivity index (χ0v) is 5.57. The van der Waals surface area contributed by atoms with Gasteiger partial charge in [-0.3, -0.25) is 0 Å². The molecule has 0 fully saturated rings. The van der Waals surface area contributed by atoms with E-state index < -0.39 is 6.03 Å². The molecular formula is C4H9N2OS. The number of nitrogens with two attached hydrogens (primary N) is 1. The van der Waals surface area contributed by atoms with Crippen LogP contribution in [0.4, 0.5) is 4.79 Å². The van der Waals surface area contributed by atoms with Crippen LogP contribution in [-0.2, 0) is 0 Å². The van der Waals surface area contributed by atoms with Crippen LogP contribution in [0.1, 0.15) is 0 Å². The molecule has 2 amide bonds. The Labute approximate surface area is 53.0 Å². The van der Waals surface area contributed by atoms with Crippen LogP contribution in [0.15, 0.2) is 0 Å². The Bertz CT molecular complexity index is 76.4. The SMILES string of the molecule is CSCC[N]C(N)=O. The Hall–Kier alpha value is -0.380. The van der Waals surface area contributed by atoms with Gasteiger partial charge in [-0.1, -0.05) is 0 Å². The fourth-order valence-corrected chi connectivity index (χ4v) is 0.521. The summed E-state index contributed by atoms with van der Waals surface area (Å²) in [6.07, 6.45) is 1.95. The number of hydrogen-bond donors (Lipinski definition) is 1. The highest BCUT2D eigenvalue weighted by Gasteiger charge is 1.89. The number of primary amides is 1. The van der Waals surface area contributed by atoms with Crippen LogP contribution in [0, 0.1) is 0 Å². The molecule has 0 rings (SSSR count). The standard InChI is InChI=1S/C4H9N2OS/c1-8-3-2-6-4(5)7/h2-3H2,1H3,(H2,5,7). The first-order chi connectivity index (χ1) is 3.77. The lowest BCUT2D eigenvalue weighted by Crippen LogP contribution is -2.24. The number of carbonyl (C=O) groups is 1. The molecule has 0 bridgehead atoms. The van der Waals surface area contributed by atoms with Gasteiger partial charge >= 0.3 is 6.03 Å². The fraction of sp³-hybridized carbons (Fsp3) is 0.750. The lowest BCUT2D eigenvalue weighted by atomic mass is 10.7. The Morgan fingerprint density at radius 3 is 2.88 bits per heavy atom. The van der Waals surface area contributed by atoms with Crippen LogP contribution in [-0.4, -0.2) is 24.6 Å². The van der Waals surface area contributed by atoms with Crippen molar-refractivity contribution in [3.63, 3.8) is 0 Å². The minimum atomic E-state index is -0.570. The summed E-state index contributed by atoms with van der Waals surface area (Å²) in [4.78, 5) is 9.92. The third kappa shape index (κ3) is 5.62. The summed E-state index contributed by atoms with van der Waals surface area (Å²) < 4.78 is 0. The highest BCUT2D eigenvalue weighted by molar-refractivity contribution is 7.98. The number of nitrogens with zero attached hydrogens (tertiary/aromatic N) is 1. The third-order valence-corrected chi connectivity index (χ3v) is 1.15. The van der Waals surface area contributed by atoms with Crippen molar-refractivity contribution in [1.29, 1.82) is 0 Å². The molecule has 4 heteroatoms. The molecule has 0 atom stereocenters. The molecule has 2 N–H and O–H groups in total. The molecule has 47 valence electrons. The summed E-state index contributed by atoms with van der Waals surface area (Å²) in [6.45, 7) is 0.538. The summed E-state index contributed by atoms with van der Waals surface area (Å²) in [7, 11) is 0. The summed E-state index contributed by atoms with van der Waals surface area (Å²) in [5.74, 6) is 0.864. The van der Waals surface area contributed by atoms with Crippen molar-refractivity contribution in [1.82, 2.24) is 5.32 Å². The highest BCUT2D eigenvalue weighted by Crippen LogP contribution is 1.86. The van der Waals surface area contributed by atoms with Crippen LogP contribution in [0.3, 0.4) is 0 Å². The maximum absolute atomic E-state index is 9.92. The van der Waals surface area contributed by atoms with E-state index in [0.29, 0.717) is 6.54 Å². The Kier molecular flexibility index (Phi) is 4.54. The van der Waals surface area contributed by atoms with Crippen LogP contribution in [0.5, 0.6) is 0 Å². The molecule has 0 aromatic heterocycles. The van der Waals surface area contributed by atoms with Gasteiger partial charge in [0, 0.05) is 5.75 Å². The van der Waals surface area contributed by atoms with Gasteiger partial charge in [-0.15, -0.1) is 0 Å². The van der Waals surface area contributed by atoms with Gasteiger partial charge in [-0.2, -0.15) is 11.8 Å². The molecule has 0 saturated carbocycles. The Balaban J connectivity index is 2.82. The van der Waals surface area contributed by atoms with E-state index in [1.54, 1.807) is 11.8 Å². The van der Waals surface area contributed by atoms with Crippen LogP contribution < -0.4 is 11.1 Å². The summed E-state index contributed by atoms with van der Waals surface area (Å²) in [5.41, 5.74) is 4.72. The maximum atomic E-state index is 9.92. The normalized spacial score (nSPS) is 8.62. The van der Waals surface area contributed by atoms with Gasteiger partial charge in [0.15, 0.2) is 0 Å². The highest BCUT2D eigenvalue weighted by atomic mass is 32.2. The van der Waals surface area contributed by atoms with Crippen LogP contribution in [0.25, 0.3) is 0 Å². The average molecular weight is 133 g/mol. The number of hydrogen-bond acceptors (Lipinski definition) is 2. The van der Waals surface area contributed by atoms with Gasteiger partial charge in [0.05, 0.1) is 6.54 Å². The van der Waals surface area contributed by atoms with Crippen molar-refractivity contribution in [3.8, 4) is 0 Å². The van der Waals surface area contributed by atoms with E-state index in [1.165, 1.54) is 0 Å². The number of thioether (sulfide) groups is 1. The molecule has 8 heavy (non-hydrogen) atoms. The molecule has 3 nitrogen and oxygen atoms in total. The molecule has 0 aromatic carbocycles. The second-order valence-electron chi connectivity index (χ2n) is 1.21. The smallest absolute Gasteiger partial charge is 0.333 e. The van der Waals surface area contributed by atoms with Gasteiger partial charge in [0.1, 0.15) is 0 Å². The molecule has 0 aliphatic heterocycles.